The first-order valence-corrected chi connectivity index (χ1v) is 5.98. The molecule has 1 fully saturated rings. The first kappa shape index (κ1) is 13.3. The van der Waals surface area contributed by atoms with Gasteiger partial charge in [0.25, 0.3) is 0 Å². The number of hydrogen-bond donors (Lipinski definition) is 2. The van der Waals surface area contributed by atoms with Crippen LogP contribution in [0.2, 0.25) is 0 Å². The normalized spacial score (nSPS) is 20.0. The van der Waals surface area contributed by atoms with E-state index in [1.165, 1.54) is 0 Å². The molecule has 0 aromatic heterocycles. The Morgan fingerprint density at radius 1 is 1.44 bits per heavy atom. The predicted octanol–water partition coefficient (Wildman–Crippen LogP) is 0.844. The molecular formula is C11H23N3O2. The Labute approximate surface area is 97.4 Å². The van der Waals surface area contributed by atoms with Gasteiger partial charge in [-0.25, -0.2) is 0 Å². The van der Waals surface area contributed by atoms with Gasteiger partial charge in [-0.15, -0.1) is 0 Å². The fraction of sp³-hybridized carbons (Fsp3) is 0.909. The highest BCUT2D eigenvalue weighted by molar-refractivity contribution is 5.77. The van der Waals surface area contributed by atoms with Crippen LogP contribution in [0.5, 0.6) is 0 Å². The Balaban J connectivity index is 2.12. The minimum atomic E-state index is -0.448. The Bertz CT molecular complexity index is 225. The van der Waals surface area contributed by atoms with Crippen molar-refractivity contribution in [2.75, 3.05) is 26.3 Å². The Morgan fingerprint density at radius 3 is 2.75 bits per heavy atom. The summed E-state index contributed by atoms with van der Waals surface area (Å²) in [5, 5.41) is 3.06. The van der Waals surface area contributed by atoms with Crippen molar-refractivity contribution in [3.05, 3.63) is 0 Å². The molecule has 1 rings (SSSR count). The van der Waals surface area contributed by atoms with Crippen LogP contribution in [0.1, 0.15) is 33.1 Å². The van der Waals surface area contributed by atoms with E-state index in [0.717, 1.165) is 32.4 Å². The highest BCUT2D eigenvalue weighted by Crippen LogP contribution is 2.21. The third-order valence-electron chi connectivity index (χ3n) is 2.58. The largest absolute Gasteiger partial charge is 0.370 e. The van der Waals surface area contributed by atoms with E-state index in [-0.39, 0.29) is 0 Å². The summed E-state index contributed by atoms with van der Waals surface area (Å²) in [5.74, 6) is 0.0616. The number of nitrogens with zero attached hydrogens (tertiary/aromatic N) is 1. The summed E-state index contributed by atoms with van der Waals surface area (Å²) in [5.41, 5.74) is 5.70. The van der Waals surface area contributed by atoms with Crippen LogP contribution in [0, 0.1) is 0 Å². The van der Waals surface area contributed by atoms with Gasteiger partial charge >= 0.3 is 0 Å². The lowest BCUT2D eigenvalue weighted by Gasteiger charge is -2.22. The number of guanidine groups is 1. The molecule has 1 saturated heterocycles. The smallest absolute Gasteiger partial charge is 0.188 e. The Morgan fingerprint density at radius 2 is 2.12 bits per heavy atom. The van der Waals surface area contributed by atoms with Crippen LogP contribution in [0.15, 0.2) is 4.99 Å². The average molecular weight is 229 g/mol. The molecule has 16 heavy (non-hydrogen) atoms. The minimum absolute atomic E-state index is 0.448. The van der Waals surface area contributed by atoms with E-state index < -0.39 is 5.79 Å². The van der Waals surface area contributed by atoms with Crippen molar-refractivity contribution in [1.82, 2.24) is 5.32 Å². The summed E-state index contributed by atoms with van der Waals surface area (Å²) in [7, 11) is 0. The molecule has 1 aliphatic heterocycles. The van der Waals surface area contributed by atoms with E-state index in [9.17, 15) is 0 Å². The maximum Gasteiger partial charge on any atom is 0.188 e. The number of rotatable bonds is 6. The number of unbranched alkanes of at least 4 members (excludes halogenated alkanes) is 1. The van der Waals surface area contributed by atoms with Crippen molar-refractivity contribution in [3.63, 3.8) is 0 Å². The first-order chi connectivity index (χ1) is 7.66. The van der Waals surface area contributed by atoms with Crippen molar-refractivity contribution < 1.29 is 9.47 Å². The zero-order valence-corrected chi connectivity index (χ0v) is 10.3. The number of nitrogens with two attached hydrogens (primary N) is 1. The molecule has 0 saturated carbocycles. The minimum Gasteiger partial charge on any atom is -0.370 e. The fourth-order valence-electron chi connectivity index (χ4n) is 1.53. The SMILES string of the molecule is CCCCN=C(N)NCCC1(C)OCCO1. The molecule has 0 aliphatic carbocycles. The van der Waals surface area contributed by atoms with E-state index in [4.69, 9.17) is 15.2 Å². The predicted molar refractivity (Wildman–Crippen MR) is 64.3 cm³/mol. The van der Waals surface area contributed by atoms with Crippen molar-refractivity contribution in [2.24, 2.45) is 10.7 Å². The zero-order valence-electron chi connectivity index (χ0n) is 10.3. The Kier molecular flexibility index (Phi) is 5.55. The van der Waals surface area contributed by atoms with Crippen LogP contribution >= 0.6 is 0 Å². The van der Waals surface area contributed by atoms with Gasteiger partial charge in [-0.1, -0.05) is 13.3 Å². The number of ether oxygens (including phenoxy) is 2. The molecule has 0 amide bonds. The van der Waals surface area contributed by atoms with Crippen molar-refractivity contribution in [1.29, 1.82) is 0 Å². The van der Waals surface area contributed by atoms with Crippen molar-refractivity contribution in [2.45, 2.75) is 38.9 Å². The molecule has 0 atom stereocenters. The van der Waals surface area contributed by atoms with Crippen molar-refractivity contribution in [3.8, 4) is 0 Å². The van der Waals surface area contributed by atoms with Crippen LogP contribution in [0.3, 0.4) is 0 Å². The molecule has 0 unspecified atom stereocenters. The van der Waals surface area contributed by atoms with Gasteiger partial charge in [0.05, 0.1) is 13.2 Å². The van der Waals surface area contributed by atoms with Crippen LogP contribution in [0.25, 0.3) is 0 Å². The summed E-state index contributed by atoms with van der Waals surface area (Å²) in [6.07, 6.45) is 2.99. The molecule has 1 heterocycles. The van der Waals surface area contributed by atoms with Gasteiger partial charge in [0.1, 0.15) is 0 Å². The maximum atomic E-state index is 5.70. The number of hydrogen-bond acceptors (Lipinski definition) is 3. The summed E-state index contributed by atoms with van der Waals surface area (Å²) in [4.78, 5) is 4.20. The number of aliphatic imine (C=N–C) groups is 1. The van der Waals surface area contributed by atoms with Crippen molar-refractivity contribution >= 4 is 5.96 Å². The second kappa shape index (κ2) is 6.70. The fourth-order valence-corrected chi connectivity index (χ4v) is 1.53. The van der Waals surface area contributed by atoms with E-state index in [0.29, 0.717) is 19.2 Å². The van der Waals surface area contributed by atoms with Gasteiger partial charge in [-0.3, -0.25) is 4.99 Å². The summed E-state index contributed by atoms with van der Waals surface area (Å²) >= 11 is 0. The zero-order chi connectivity index (χ0) is 11.9. The topological polar surface area (TPSA) is 68.9 Å². The van der Waals surface area contributed by atoms with Gasteiger partial charge in [0, 0.05) is 19.5 Å². The van der Waals surface area contributed by atoms with Gasteiger partial charge in [0.15, 0.2) is 11.7 Å². The highest BCUT2D eigenvalue weighted by Gasteiger charge is 2.30. The lowest BCUT2D eigenvalue weighted by molar-refractivity contribution is -0.145. The van der Waals surface area contributed by atoms with E-state index >= 15 is 0 Å². The quantitative estimate of drug-likeness (QED) is 0.402. The monoisotopic (exact) mass is 229 g/mol. The third kappa shape index (κ3) is 4.81. The van der Waals surface area contributed by atoms with E-state index in [1.807, 2.05) is 6.92 Å². The maximum absolute atomic E-state index is 5.70. The molecular weight excluding hydrogens is 206 g/mol. The summed E-state index contributed by atoms with van der Waals surface area (Å²) in [6.45, 7) is 6.95. The van der Waals surface area contributed by atoms with E-state index in [2.05, 4.69) is 17.2 Å². The van der Waals surface area contributed by atoms with Crippen LogP contribution < -0.4 is 11.1 Å². The second-order valence-corrected chi connectivity index (χ2v) is 4.13. The third-order valence-corrected chi connectivity index (χ3v) is 2.58. The number of nitrogens with one attached hydrogen (secondary N) is 1. The Hall–Kier alpha value is -0.810. The van der Waals surface area contributed by atoms with Crippen LogP contribution in [0.4, 0.5) is 0 Å². The molecule has 3 N–H and O–H groups in total. The van der Waals surface area contributed by atoms with E-state index in [1.54, 1.807) is 0 Å². The molecule has 0 aromatic carbocycles. The lowest BCUT2D eigenvalue weighted by atomic mass is 10.2. The molecule has 5 heteroatoms. The highest BCUT2D eigenvalue weighted by atomic mass is 16.7. The molecule has 94 valence electrons. The van der Waals surface area contributed by atoms with Crippen LogP contribution in [-0.2, 0) is 9.47 Å². The molecule has 0 bridgehead atoms. The average Bonchev–Trinajstić information content (AvgIpc) is 2.66. The second-order valence-electron chi connectivity index (χ2n) is 4.13. The van der Waals surface area contributed by atoms with Gasteiger partial charge in [0.2, 0.25) is 0 Å². The summed E-state index contributed by atoms with van der Waals surface area (Å²) in [6, 6.07) is 0. The standard InChI is InChI=1S/C11H23N3O2/c1-3-4-6-13-10(12)14-7-5-11(2)15-8-9-16-11/h3-9H2,1-2H3,(H3,12,13,14). The molecule has 0 aromatic rings. The van der Waals surface area contributed by atoms with Gasteiger partial charge in [-0.2, -0.15) is 0 Å². The molecule has 0 radical (unpaired) electrons. The van der Waals surface area contributed by atoms with Crippen LogP contribution in [-0.4, -0.2) is 38.0 Å². The van der Waals surface area contributed by atoms with Gasteiger partial charge in [-0.05, 0) is 13.3 Å². The molecule has 1 aliphatic rings. The first-order valence-electron chi connectivity index (χ1n) is 5.98. The molecule has 0 spiro atoms. The lowest BCUT2D eigenvalue weighted by Crippen LogP contribution is -2.37. The summed E-state index contributed by atoms with van der Waals surface area (Å²) < 4.78 is 11.0. The van der Waals surface area contributed by atoms with Gasteiger partial charge < -0.3 is 20.5 Å². The molecule has 5 nitrogen and oxygen atoms in total.